The Kier molecular flexibility index (Phi) is 8.62. The third kappa shape index (κ3) is 6.36. The van der Waals surface area contributed by atoms with E-state index in [2.05, 4.69) is 43.5 Å². The Bertz CT molecular complexity index is 1300. The highest BCUT2D eigenvalue weighted by Gasteiger charge is 2.25. The van der Waals surface area contributed by atoms with Crippen LogP contribution in [0, 0.1) is 18.7 Å². The molecule has 10 heteroatoms. The highest BCUT2D eigenvalue weighted by atomic mass is 79.9. The average molecular weight is 589 g/mol. The molecule has 1 aromatic heterocycles. The third-order valence-corrected chi connectivity index (χ3v) is 7.82. The Morgan fingerprint density at radius 3 is 2.84 bits per heavy atom. The van der Waals surface area contributed by atoms with Gasteiger partial charge in [0.25, 0.3) is 5.91 Å². The van der Waals surface area contributed by atoms with E-state index in [0.29, 0.717) is 36.3 Å². The lowest BCUT2D eigenvalue weighted by atomic mass is 10.1. The number of ether oxygens (including phenoxy) is 1. The molecular formula is C28H35BrFN5O3. The number of carbonyl (C=O) groups is 1. The van der Waals surface area contributed by atoms with Crippen LogP contribution in [0.2, 0.25) is 0 Å². The maximum Gasteiger partial charge on any atom is 0.277 e. The number of aryl methyl sites for hydroxylation is 2. The molecule has 1 saturated heterocycles. The van der Waals surface area contributed by atoms with Crippen molar-refractivity contribution in [3.63, 3.8) is 0 Å². The largest absolute Gasteiger partial charge is 0.379 e. The number of morpholine rings is 1. The molecule has 0 bridgehead atoms. The van der Waals surface area contributed by atoms with Gasteiger partial charge < -0.3 is 14.6 Å². The third-order valence-electron chi connectivity index (χ3n) is 7.33. The van der Waals surface area contributed by atoms with Crippen molar-refractivity contribution in [3.05, 3.63) is 52.0 Å². The number of hydrogen-bond acceptors (Lipinski definition) is 6. The Hall–Kier alpha value is -2.53. The summed E-state index contributed by atoms with van der Waals surface area (Å²) in [7, 11) is 0. The van der Waals surface area contributed by atoms with E-state index in [-0.39, 0.29) is 16.8 Å². The summed E-state index contributed by atoms with van der Waals surface area (Å²) in [6.45, 7) is 8.77. The van der Waals surface area contributed by atoms with Crippen LogP contribution in [0.25, 0.3) is 11.0 Å². The molecule has 1 amide bonds. The summed E-state index contributed by atoms with van der Waals surface area (Å²) < 4.78 is 24.3. The second kappa shape index (κ2) is 12.1. The lowest BCUT2D eigenvalue weighted by Crippen LogP contribution is -2.43. The number of nitrogens with zero attached hydrogens (tertiary/aromatic N) is 3. The minimum Gasteiger partial charge on any atom is -0.379 e. The summed E-state index contributed by atoms with van der Waals surface area (Å²) in [4.78, 5) is 25.5. The normalized spacial score (nSPS) is 18.2. The van der Waals surface area contributed by atoms with E-state index in [9.17, 15) is 4.79 Å². The molecule has 5 rings (SSSR count). The summed E-state index contributed by atoms with van der Waals surface area (Å²) in [5.74, 6) is -0.560. The van der Waals surface area contributed by atoms with Gasteiger partial charge >= 0.3 is 0 Å². The van der Waals surface area contributed by atoms with Crippen molar-refractivity contribution in [1.82, 2.24) is 19.9 Å². The Morgan fingerprint density at radius 1 is 1.26 bits per heavy atom. The maximum absolute atomic E-state index is 15.9. The van der Waals surface area contributed by atoms with Crippen molar-refractivity contribution < 1.29 is 18.8 Å². The van der Waals surface area contributed by atoms with Gasteiger partial charge in [0.1, 0.15) is 5.52 Å². The summed E-state index contributed by atoms with van der Waals surface area (Å²) in [5.41, 5.74) is 5.22. The fourth-order valence-electron chi connectivity index (χ4n) is 4.79. The van der Waals surface area contributed by atoms with Gasteiger partial charge in [-0.2, -0.15) is 0 Å². The zero-order chi connectivity index (χ0) is 26.6. The van der Waals surface area contributed by atoms with Gasteiger partial charge in [-0.25, -0.2) is 14.9 Å². The predicted molar refractivity (Wildman–Crippen MR) is 149 cm³/mol. The number of hydrogen-bond donors (Lipinski definition) is 2. The van der Waals surface area contributed by atoms with Gasteiger partial charge in [0, 0.05) is 29.3 Å². The van der Waals surface area contributed by atoms with Crippen LogP contribution in [0.3, 0.4) is 0 Å². The molecule has 8 nitrogen and oxygen atoms in total. The van der Waals surface area contributed by atoms with E-state index in [4.69, 9.17) is 9.57 Å². The first-order valence-electron chi connectivity index (χ1n) is 13.3. The van der Waals surface area contributed by atoms with Crippen LogP contribution in [0.15, 0.2) is 35.1 Å². The number of anilines is 2. The highest BCUT2D eigenvalue weighted by Crippen LogP contribution is 2.33. The molecule has 2 heterocycles. The molecule has 2 aliphatic rings. The highest BCUT2D eigenvalue weighted by molar-refractivity contribution is 9.10. The molecule has 2 fully saturated rings. The number of halogens is 2. The quantitative estimate of drug-likeness (QED) is 0.226. The molecule has 1 unspecified atom stereocenters. The molecule has 1 aliphatic heterocycles. The van der Waals surface area contributed by atoms with E-state index in [1.807, 2.05) is 29.7 Å². The molecule has 0 radical (unpaired) electrons. The van der Waals surface area contributed by atoms with Crippen LogP contribution < -0.4 is 10.8 Å². The van der Waals surface area contributed by atoms with E-state index in [1.165, 1.54) is 0 Å². The lowest BCUT2D eigenvalue weighted by molar-refractivity contribution is -0.000957. The van der Waals surface area contributed by atoms with E-state index in [0.717, 1.165) is 62.0 Å². The maximum atomic E-state index is 15.9. The van der Waals surface area contributed by atoms with Crippen molar-refractivity contribution in [2.75, 3.05) is 38.2 Å². The molecule has 0 spiro atoms. The SMILES string of the molecule is Cc1cc(Br)ccc1Nc1c(C(=O)NOCC2CC2)cc2c(ncn2CCCCN2CCOCC2C)c1F. The van der Waals surface area contributed by atoms with E-state index >= 15 is 4.39 Å². The Balaban J connectivity index is 1.37. The number of rotatable bonds is 11. The number of aromatic nitrogens is 2. The summed E-state index contributed by atoms with van der Waals surface area (Å²) in [6, 6.07) is 7.79. The summed E-state index contributed by atoms with van der Waals surface area (Å²) in [5, 5.41) is 3.15. The van der Waals surface area contributed by atoms with Crippen molar-refractivity contribution in [1.29, 1.82) is 0 Å². The number of nitrogens with one attached hydrogen (secondary N) is 2. The number of amides is 1. The molecule has 38 heavy (non-hydrogen) atoms. The van der Waals surface area contributed by atoms with Gasteiger partial charge in [-0.1, -0.05) is 15.9 Å². The second-order valence-corrected chi connectivity index (χ2v) is 11.3. The number of unbranched alkanes of at least 4 members (excludes halogenated alkanes) is 1. The van der Waals surface area contributed by atoms with E-state index in [1.54, 1.807) is 12.4 Å². The van der Waals surface area contributed by atoms with Crippen LogP contribution in [0.4, 0.5) is 15.8 Å². The van der Waals surface area contributed by atoms with Gasteiger partial charge in [-0.15, -0.1) is 0 Å². The standard InChI is InChI=1S/C28H35BrFN5O3/c1-18-13-21(29)7-8-23(18)32-26-22(28(36)33-38-16-20-5-6-20)14-24-27(25(26)30)31-17-35(24)10-4-3-9-34-11-12-37-15-19(34)2/h7-8,13-14,17,19-20,32H,3-6,9-12,15-16H2,1-2H3,(H,33,36). The van der Waals surface area contributed by atoms with Crippen LogP contribution in [0.5, 0.6) is 0 Å². The second-order valence-electron chi connectivity index (χ2n) is 10.4. The smallest absolute Gasteiger partial charge is 0.277 e. The Morgan fingerprint density at radius 2 is 2.08 bits per heavy atom. The molecule has 1 saturated carbocycles. The van der Waals surface area contributed by atoms with Crippen molar-refractivity contribution >= 4 is 44.2 Å². The fourth-order valence-corrected chi connectivity index (χ4v) is 5.27. The summed E-state index contributed by atoms with van der Waals surface area (Å²) in [6.07, 6.45) is 5.80. The van der Waals surface area contributed by atoms with Crippen molar-refractivity contribution in [2.45, 2.75) is 52.1 Å². The number of fused-ring (bicyclic) bond motifs is 1. The molecule has 2 N–H and O–H groups in total. The number of benzene rings is 2. The van der Waals surface area contributed by atoms with Crippen LogP contribution in [0.1, 0.15) is 48.5 Å². The van der Waals surface area contributed by atoms with Gasteiger partial charge in [-0.3, -0.25) is 14.5 Å². The minimum absolute atomic E-state index is 0.0852. The fraction of sp³-hybridized carbons (Fsp3) is 0.500. The van der Waals surface area contributed by atoms with Crippen molar-refractivity contribution in [2.24, 2.45) is 5.92 Å². The predicted octanol–water partition coefficient (Wildman–Crippen LogP) is 5.56. The van der Waals surface area contributed by atoms with Crippen LogP contribution in [-0.4, -0.2) is 59.3 Å². The first-order valence-corrected chi connectivity index (χ1v) is 14.1. The average Bonchev–Trinajstić information content (AvgIpc) is 3.63. The summed E-state index contributed by atoms with van der Waals surface area (Å²) >= 11 is 3.46. The van der Waals surface area contributed by atoms with Gasteiger partial charge in [0.15, 0.2) is 5.82 Å². The molecule has 3 aromatic rings. The number of hydroxylamine groups is 1. The molecule has 1 atom stereocenters. The lowest BCUT2D eigenvalue weighted by Gasteiger charge is -2.33. The Labute approximate surface area is 231 Å². The number of carbonyl (C=O) groups excluding carboxylic acids is 1. The van der Waals surface area contributed by atoms with E-state index < -0.39 is 11.7 Å². The van der Waals surface area contributed by atoms with Gasteiger partial charge in [0.2, 0.25) is 0 Å². The van der Waals surface area contributed by atoms with Crippen molar-refractivity contribution in [3.8, 4) is 0 Å². The molecule has 2 aromatic carbocycles. The van der Waals surface area contributed by atoms with Gasteiger partial charge in [-0.05, 0) is 81.8 Å². The van der Waals surface area contributed by atoms with Crippen LogP contribution in [-0.2, 0) is 16.1 Å². The monoisotopic (exact) mass is 587 g/mol. The zero-order valence-electron chi connectivity index (χ0n) is 21.9. The zero-order valence-corrected chi connectivity index (χ0v) is 23.5. The first kappa shape index (κ1) is 27.1. The minimum atomic E-state index is -0.557. The molecule has 1 aliphatic carbocycles. The van der Waals surface area contributed by atoms with Crippen LogP contribution >= 0.6 is 15.9 Å². The van der Waals surface area contributed by atoms with Gasteiger partial charge in [0.05, 0.1) is 42.9 Å². The molecule has 204 valence electrons. The topological polar surface area (TPSA) is 80.7 Å². The number of imidazole rings is 1. The molecular weight excluding hydrogens is 553 g/mol. The first-order chi connectivity index (χ1) is 18.4.